The highest BCUT2D eigenvalue weighted by molar-refractivity contribution is 5.20. The molecule has 2 N–H and O–H groups in total. The van der Waals surface area contributed by atoms with E-state index in [1.807, 2.05) is 30.3 Å². The number of hydrogen-bond acceptors (Lipinski definition) is 2. The van der Waals surface area contributed by atoms with Gasteiger partial charge in [0.15, 0.2) is 0 Å². The van der Waals surface area contributed by atoms with Crippen LogP contribution in [-0.4, -0.2) is 12.6 Å². The Labute approximate surface area is 117 Å². The highest BCUT2D eigenvalue weighted by Crippen LogP contribution is 2.34. The maximum atomic E-state index is 6.27. The molecule has 19 heavy (non-hydrogen) atoms. The van der Waals surface area contributed by atoms with E-state index in [2.05, 4.69) is 13.8 Å². The van der Waals surface area contributed by atoms with Crippen LogP contribution in [0.1, 0.15) is 39.5 Å². The van der Waals surface area contributed by atoms with Crippen molar-refractivity contribution in [3.05, 3.63) is 30.3 Å². The number of ether oxygens (including phenoxy) is 1. The summed E-state index contributed by atoms with van der Waals surface area (Å²) in [7, 11) is 0. The molecule has 2 heteroatoms. The van der Waals surface area contributed by atoms with Gasteiger partial charge in [0, 0.05) is 6.04 Å². The molecule has 1 aliphatic rings. The van der Waals surface area contributed by atoms with E-state index in [9.17, 15) is 0 Å². The van der Waals surface area contributed by atoms with Crippen molar-refractivity contribution >= 4 is 0 Å². The SMILES string of the molecule is CC(C)C1CCC(N)C(CCOc2ccccc2)C1. The van der Waals surface area contributed by atoms with Gasteiger partial charge >= 0.3 is 0 Å². The topological polar surface area (TPSA) is 35.2 Å². The van der Waals surface area contributed by atoms with Crippen molar-refractivity contribution in [3.63, 3.8) is 0 Å². The predicted molar refractivity (Wildman–Crippen MR) is 80.2 cm³/mol. The lowest BCUT2D eigenvalue weighted by atomic mass is 9.73. The summed E-state index contributed by atoms with van der Waals surface area (Å²) < 4.78 is 5.80. The average molecular weight is 261 g/mol. The standard InChI is InChI=1S/C17H27NO/c1-13(2)14-8-9-17(18)15(12-14)10-11-19-16-6-4-3-5-7-16/h3-7,13-15,17H,8-12,18H2,1-2H3. The first-order chi connectivity index (χ1) is 9.16. The third-order valence-electron chi connectivity index (χ3n) is 4.53. The molecule has 1 aromatic rings. The number of rotatable bonds is 5. The molecule has 2 rings (SSSR count). The van der Waals surface area contributed by atoms with E-state index in [1.54, 1.807) is 0 Å². The predicted octanol–water partition coefficient (Wildman–Crippen LogP) is 3.86. The van der Waals surface area contributed by atoms with E-state index >= 15 is 0 Å². The van der Waals surface area contributed by atoms with Crippen LogP contribution >= 0.6 is 0 Å². The molecule has 1 aromatic carbocycles. The Morgan fingerprint density at radius 3 is 2.63 bits per heavy atom. The molecule has 106 valence electrons. The normalized spacial score (nSPS) is 27.5. The van der Waals surface area contributed by atoms with Gasteiger partial charge in [0.1, 0.15) is 5.75 Å². The minimum absolute atomic E-state index is 0.370. The Bertz CT molecular complexity index is 363. The van der Waals surface area contributed by atoms with Crippen LogP contribution in [0.5, 0.6) is 5.75 Å². The molecule has 2 nitrogen and oxygen atoms in total. The fourth-order valence-electron chi connectivity index (χ4n) is 3.11. The van der Waals surface area contributed by atoms with Gasteiger partial charge in [0.25, 0.3) is 0 Å². The monoisotopic (exact) mass is 261 g/mol. The summed E-state index contributed by atoms with van der Waals surface area (Å²) in [5.41, 5.74) is 6.27. The van der Waals surface area contributed by atoms with Crippen molar-refractivity contribution in [3.8, 4) is 5.75 Å². The highest BCUT2D eigenvalue weighted by Gasteiger charge is 2.29. The molecule has 0 bridgehead atoms. The first-order valence-corrected chi connectivity index (χ1v) is 7.60. The van der Waals surface area contributed by atoms with Crippen molar-refractivity contribution in [2.75, 3.05) is 6.61 Å². The van der Waals surface area contributed by atoms with Crippen LogP contribution in [0, 0.1) is 17.8 Å². The Hall–Kier alpha value is -1.02. The summed E-state index contributed by atoms with van der Waals surface area (Å²) in [5.74, 6) is 3.23. The number of benzene rings is 1. The summed E-state index contributed by atoms with van der Waals surface area (Å²) in [4.78, 5) is 0. The van der Waals surface area contributed by atoms with E-state index in [0.29, 0.717) is 12.0 Å². The maximum Gasteiger partial charge on any atom is 0.119 e. The Balaban J connectivity index is 1.77. The molecule has 1 aliphatic carbocycles. The van der Waals surface area contributed by atoms with Gasteiger partial charge in [-0.05, 0) is 55.6 Å². The van der Waals surface area contributed by atoms with Crippen LogP contribution in [0.3, 0.4) is 0 Å². The quantitative estimate of drug-likeness (QED) is 0.873. The van der Waals surface area contributed by atoms with Gasteiger partial charge < -0.3 is 10.5 Å². The van der Waals surface area contributed by atoms with Crippen LogP contribution in [0.2, 0.25) is 0 Å². The average Bonchev–Trinajstić information content (AvgIpc) is 2.42. The second-order valence-corrected chi connectivity index (χ2v) is 6.19. The minimum atomic E-state index is 0.370. The lowest BCUT2D eigenvalue weighted by molar-refractivity contribution is 0.161. The van der Waals surface area contributed by atoms with Crippen molar-refractivity contribution in [2.45, 2.75) is 45.6 Å². The molecule has 0 aliphatic heterocycles. The molecule has 1 saturated carbocycles. The van der Waals surface area contributed by atoms with Crippen LogP contribution in [-0.2, 0) is 0 Å². The lowest BCUT2D eigenvalue weighted by Gasteiger charge is -2.36. The van der Waals surface area contributed by atoms with E-state index < -0.39 is 0 Å². The molecule has 0 saturated heterocycles. The summed E-state index contributed by atoms with van der Waals surface area (Å²) in [6.07, 6.45) is 4.84. The van der Waals surface area contributed by atoms with Crippen LogP contribution < -0.4 is 10.5 Å². The molecule has 0 spiro atoms. The summed E-state index contributed by atoms with van der Waals surface area (Å²) >= 11 is 0. The van der Waals surface area contributed by atoms with Crippen LogP contribution in [0.4, 0.5) is 0 Å². The maximum absolute atomic E-state index is 6.27. The number of nitrogens with two attached hydrogens (primary N) is 1. The number of para-hydroxylation sites is 1. The summed E-state index contributed by atoms with van der Waals surface area (Å²) in [5, 5.41) is 0. The summed E-state index contributed by atoms with van der Waals surface area (Å²) in [6, 6.07) is 10.4. The second-order valence-electron chi connectivity index (χ2n) is 6.19. The molecule has 1 fully saturated rings. The van der Waals surface area contributed by atoms with Gasteiger partial charge in [-0.15, -0.1) is 0 Å². The van der Waals surface area contributed by atoms with Gasteiger partial charge in [-0.2, -0.15) is 0 Å². The largest absolute Gasteiger partial charge is 0.494 e. The molecule has 0 heterocycles. The van der Waals surface area contributed by atoms with Gasteiger partial charge in [0.2, 0.25) is 0 Å². The Morgan fingerprint density at radius 2 is 1.95 bits per heavy atom. The third-order valence-corrected chi connectivity index (χ3v) is 4.53. The molecule has 0 aromatic heterocycles. The van der Waals surface area contributed by atoms with Crippen LogP contribution in [0.25, 0.3) is 0 Å². The van der Waals surface area contributed by atoms with Crippen molar-refractivity contribution in [1.29, 1.82) is 0 Å². The fourth-order valence-corrected chi connectivity index (χ4v) is 3.11. The van der Waals surface area contributed by atoms with Crippen LogP contribution in [0.15, 0.2) is 30.3 Å². The molecule has 3 unspecified atom stereocenters. The van der Waals surface area contributed by atoms with Gasteiger partial charge in [-0.1, -0.05) is 32.0 Å². The van der Waals surface area contributed by atoms with Crippen molar-refractivity contribution in [1.82, 2.24) is 0 Å². The van der Waals surface area contributed by atoms with E-state index in [4.69, 9.17) is 10.5 Å². The molecular formula is C17H27NO. The van der Waals surface area contributed by atoms with E-state index in [0.717, 1.165) is 30.6 Å². The molecule has 3 atom stereocenters. The summed E-state index contributed by atoms with van der Waals surface area (Å²) in [6.45, 7) is 5.45. The lowest BCUT2D eigenvalue weighted by Crippen LogP contribution is -2.38. The van der Waals surface area contributed by atoms with Gasteiger partial charge in [0.05, 0.1) is 6.61 Å². The zero-order valence-corrected chi connectivity index (χ0v) is 12.2. The Morgan fingerprint density at radius 1 is 1.21 bits per heavy atom. The second kappa shape index (κ2) is 6.95. The first kappa shape index (κ1) is 14.4. The van der Waals surface area contributed by atoms with E-state index in [-0.39, 0.29) is 0 Å². The van der Waals surface area contributed by atoms with Crippen molar-refractivity contribution < 1.29 is 4.74 Å². The van der Waals surface area contributed by atoms with E-state index in [1.165, 1.54) is 19.3 Å². The Kier molecular flexibility index (Phi) is 5.26. The third kappa shape index (κ3) is 4.24. The molecule has 0 amide bonds. The zero-order chi connectivity index (χ0) is 13.7. The highest BCUT2D eigenvalue weighted by atomic mass is 16.5. The first-order valence-electron chi connectivity index (χ1n) is 7.60. The smallest absolute Gasteiger partial charge is 0.119 e. The molecular weight excluding hydrogens is 234 g/mol. The van der Waals surface area contributed by atoms with Crippen molar-refractivity contribution in [2.24, 2.45) is 23.5 Å². The van der Waals surface area contributed by atoms with Gasteiger partial charge in [-0.25, -0.2) is 0 Å². The number of hydrogen-bond donors (Lipinski definition) is 1. The minimum Gasteiger partial charge on any atom is -0.494 e. The van der Waals surface area contributed by atoms with Gasteiger partial charge in [-0.3, -0.25) is 0 Å². The molecule has 0 radical (unpaired) electrons. The zero-order valence-electron chi connectivity index (χ0n) is 12.2. The fraction of sp³-hybridized carbons (Fsp3) is 0.647.